The molecule has 1 fully saturated rings. The Kier molecular flexibility index (Phi) is 7.61. The summed E-state index contributed by atoms with van der Waals surface area (Å²) in [5.41, 5.74) is 7.16. The zero-order valence-corrected chi connectivity index (χ0v) is 15.5. The second-order valence-electron chi connectivity index (χ2n) is 6.72. The molecule has 1 saturated heterocycles. The van der Waals surface area contributed by atoms with E-state index in [0.29, 0.717) is 0 Å². The largest absolute Gasteiger partial charge is 0.497 e. The van der Waals surface area contributed by atoms with Crippen LogP contribution in [0.1, 0.15) is 19.4 Å². The highest BCUT2D eigenvalue weighted by molar-refractivity contribution is 5.85. The molecule has 0 aromatic heterocycles. The van der Waals surface area contributed by atoms with Gasteiger partial charge in [-0.05, 0) is 32.0 Å². The van der Waals surface area contributed by atoms with E-state index < -0.39 is 0 Å². The maximum atomic E-state index is 6.11. The zero-order chi connectivity index (χ0) is 16.2. The molecule has 23 heavy (non-hydrogen) atoms. The Labute approximate surface area is 146 Å². The monoisotopic (exact) mass is 343 g/mol. The van der Waals surface area contributed by atoms with Crippen molar-refractivity contribution >= 4 is 12.4 Å². The molecule has 2 rings (SSSR count). The van der Waals surface area contributed by atoms with Crippen LogP contribution < -0.4 is 15.2 Å². The van der Waals surface area contributed by atoms with Crippen molar-refractivity contribution in [3.05, 3.63) is 23.8 Å². The standard InChI is InChI=1S/C17H29N3O2.ClH/c1-17(2,18)13-20-9-7-19(8-10-20)12-14-11-15(21-3)5-6-16(14)22-4;/h5-6,11H,7-10,12-13,18H2,1-4H3;1H. The lowest BCUT2D eigenvalue weighted by Gasteiger charge is -2.37. The zero-order valence-electron chi connectivity index (χ0n) is 14.7. The van der Waals surface area contributed by atoms with Crippen LogP contribution in [0.2, 0.25) is 0 Å². The van der Waals surface area contributed by atoms with E-state index in [-0.39, 0.29) is 17.9 Å². The molecule has 1 aliphatic heterocycles. The predicted molar refractivity (Wildman–Crippen MR) is 96.8 cm³/mol. The second-order valence-corrected chi connectivity index (χ2v) is 6.72. The summed E-state index contributed by atoms with van der Waals surface area (Å²) in [7, 11) is 3.41. The van der Waals surface area contributed by atoms with Gasteiger partial charge < -0.3 is 15.2 Å². The van der Waals surface area contributed by atoms with Gasteiger partial charge in [-0.1, -0.05) is 0 Å². The van der Waals surface area contributed by atoms with Gasteiger partial charge in [0.15, 0.2) is 0 Å². The van der Waals surface area contributed by atoms with E-state index in [9.17, 15) is 0 Å². The number of halogens is 1. The Hall–Kier alpha value is -1.01. The van der Waals surface area contributed by atoms with Crippen molar-refractivity contribution in [3.8, 4) is 11.5 Å². The molecule has 1 aliphatic rings. The van der Waals surface area contributed by atoms with Crippen LogP contribution in [0.15, 0.2) is 18.2 Å². The third-order valence-electron chi connectivity index (χ3n) is 3.98. The molecule has 0 aliphatic carbocycles. The maximum Gasteiger partial charge on any atom is 0.123 e. The van der Waals surface area contributed by atoms with Crippen LogP contribution in [0.5, 0.6) is 11.5 Å². The lowest BCUT2D eigenvalue weighted by Crippen LogP contribution is -2.52. The summed E-state index contributed by atoms with van der Waals surface area (Å²) in [6.07, 6.45) is 0. The number of methoxy groups -OCH3 is 2. The van der Waals surface area contributed by atoms with E-state index in [4.69, 9.17) is 15.2 Å². The second kappa shape index (κ2) is 8.73. The summed E-state index contributed by atoms with van der Waals surface area (Å²) in [5, 5.41) is 0. The molecule has 1 aromatic rings. The molecule has 0 saturated carbocycles. The Bertz CT molecular complexity index is 483. The van der Waals surface area contributed by atoms with Gasteiger partial charge in [0.1, 0.15) is 11.5 Å². The van der Waals surface area contributed by atoms with Gasteiger partial charge in [0.05, 0.1) is 14.2 Å². The van der Waals surface area contributed by atoms with Crippen molar-refractivity contribution in [2.24, 2.45) is 5.73 Å². The van der Waals surface area contributed by atoms with E-state index in [2.05, 4.69) is 29.7 Å². The lowest BCUT2D eigenvalue weighted by molar-refractivity contribution is 0.111. The molecule has 0 atom stereocenters. The fourth-order valence-electron chi connectivity index (χ4n) is 2.93. The van der Waals surface area contributed by atoms with Crippen LogP contribution in [-0.4, -0.2) is 62.3 Å². The molecule has 0 spiro atoms. The molecular weight excluding hydrogens is 314 g/mol. The minimum absolute atomic E-state index is 0. The topological polar surface area (TPSA) is 51.0 Å². The highest BCUT2D eigenvalue weighted by Gasteiger charge is 2.22. The van der Waals surface area contributed by atoms with Crippen molar-refractivity contribution in [3.63, 3.8) is 0 Å². The van der Waals surface area contributed by atoms with Crippen LogP contribution in [-0.2, 0) is 6.54 Å². The fraction of sp³-hybridized carbons (Fsp3) is 0.647. The summed E-state index contributed by atoms with van der Waals surface area (Å²) in [6.45, 7) is 10.2. The molecule has 1 heterocycles. The Morgan fingerprint density at radius 2 is 1.65 bits per heavy atom. The molecule has 132 valence electrons. The highest BCUT2D eigenvalue weighted by atomic mass is 35.5. The first-order valence-corrected chi connectivity index (χ1v) is 7.86. The van der Waals surface area contributed by atoms with Gasteiger partial charge in [0, 0.05) is 50.4 Å². The SMILES string of the molecule is COc1ccc(OC)c(CN2CCN(CC(C)(C)N)CC2)c1.Cl. The van der Waals surface area contributed by atoms with Crippen LogP contribution in [0, 0.1) is 0 Å². The predicted octanol–water partition coefficient (Wildman–Crippen LogP) is 1.98. The minimum Gasteiger partial charge on any atom is -0.497 e. The smallest absolute Gasteiger partial charge is 0.123 e. The van der Waals surface area contributed by atoms with Gasteiger partial charge in [-0.3, -0.25) is 9.80 Å². The van der Waals surface area contributed by atoms with Gasteiger partial charge in [-0.2, -0.15) is 0 Å². The van der Waals surface area contributed by atoms with Crippen molar-refractivity contribution < 1.29 is 9.47 Å². The quantitative estimate of drug-likeness (QED) is 0.856. The van der Waals surface area contributed by atoms with E-state index in [1.165, 1.54) is 5.56 Å². The molecule has 0 amide bonds. The minimum atomic E-state index is -0.127. The van der Waals surface area contributed by atoms with Crippen LogP contribution in [0.4, 0.5) is 0 Å². The van der Waals surface area contributed by atoms with Crippen LogP contribution >= 0.6 is 12.4 Å². The summed E-state index contributed by atoms with van der Waals surface area (Å²) < 4.78 is 10.8. The van der Waals surface area contributed by atoms with E-state index >= 15 is 0 Å². The summed E-state index contributed by atoms with van der Waals surface area (Å²) >= 11 is 0. The third kappa shape index (κ3) is 6.18. The van der Waals surface area contributed by atoms with Gasteiger partial charge in [-0.15, -0.1) is 12.4 Å². The average Bonchev–Trinajstić information content (AvgIpc) is 2.47. The Morgan fingerprint density at radius 1 is 1.04 bits per heavy atom. The first kappa shape index (κ1) is 20.0. The summed E-state index contributed by atoms with van der Waals surface area (Å²) in [4.78, 5) is 4.90. The summed E-state index contributed by atoms with van der Waals surface area (Å²) in [6, 6.07) is 5.97. The molecule has 0 radical (unpaired) electrons. The molecule has 5 nitrogen and oxygen atoms in total. The van der Waals surface area contributed by atoms with Crippen molar-refractivity contribution in [2.45, 2.75) is 25.9 Å². The Morgan fingerprint density at radius 3 is 2.17 bits per heavy atom. The number of piperazine rings is 1. The van der Waals surface area contributed by atoms with E-state index in [1.807, 2.05) is 12.1 Å². The number of rotatable bonds is 6. The lowest BCUT2D eigenvalue weighted by atomic mass is 10.1. The molecule has 2 N–H and O–H groups in total. The Balaban J connectivity index is 0.00000264. The van der Waals surface area contributed by atoms with Gasteiger partial charge in [0.2, 0.25) is 0 Å². The van der Waals surface area contributed by atoms with Gasteiger partial charge in [-0.25, -0.2) is 0 Å². The number of nitrogens with zero attached hydrogens (tertiary/aromatic N) is 2. The average molecular weight is 344 g/mol. The number of benzene rings is 1. The third-order valence-corrected chi connectivity index (χ3v) is 3.98. The van der Waals surface area contributed by atoms with E-state index in [0.717, 1.165) is 50.8 Å². The first-order chi connectivity index (χ1) is 10.4. The fourth-order valence-corrected chi connectivity index (χ4v) is 2.93. The normalized spacial score (nSPS) is 16.7. The molecule has 0 unspecified atom stereocenters. The molecule has 6 heteroatoms. The van der Waals surface area contributed by atoms with Crippen molar-refractivity contribution in [2.75, 3.05) is 46.9 Å². The van der Waals surface area contributed by atoms with Crippen LogP contribution in [0.25, 0.3) is 0 Å². The molecule has 0 bridgehead atoms. The summed E-state index contributed by atoms with van der Waals surface area (Å²) in [5.74, 6) is 1.80. The van der Waals surface area contributed by atoms with Crippen LogP contribution in [0.3, 0.4) is 0 Å². The number of hydrogen-bond donors (Lipinski definition) is 1. The first-order valence-electron chi connectivity index (χ1n) is 7.86. The molecular formula is C17H30ClN3O2. The molecule has 1 aromatic carbocycles. The maximum absolute atomic E-state index is 6.11. The number of ether oxygens (including phenoxy) is 2. The number of nitrogens with two attached hydrogens (primary N) is 1. The van der Waals surface area contributed by atoms with Gasteiger partial charge >= 0.3 is 0 Å². The van der Waals surface area contributed by atoms with Crippen molar-refractivity contribution in [1.82, 2.24) is 9.80 Å². The van der Waals surface area contributed by atoms with Gasteiger partial charge in [0.25, 0.3) is 0 Å². The van der Waals surface area contributed by atoms with Crippen molar-refractivity contribution in [1.29, 1.82) is 0 Å². The number of hydrogen-bond acceptors (Lipinski definition) is 5. The highest BCUT2D eigenvalue weighted by Crippen LogP contribution is 2.25. The van der Waals surface area contributed by atoms with E-state index in [1.54, 1.807) is 14.2 Å².